The maximum absolute atomic E-state index is 13.3. The Morgan fingerprint density at radius 1 is 1.38 bits per heavy atom. The van der Waals surface area contributed by atoms with E-state index in [2.05, 4.69) is 9.97 Å². The summed E-state index contributed by atoms with van der Waals surface area (Å²) in [5, 5.41) is -0.00410. The lowest BCUT2D eigenvalue weighted by atomic mass is 10.1. The van der Waals surface area contributed by atoms with Gasteiger partial charge in [0, 0.05) is 19.3 Å². The minimum absolute atomic E-state index is 0.00410. The number of aromatic nitrogens is 2. The number of hydrogen-bond acceptors (Lipinski definition) is 4. The predicted octanol–water partition coefficient (Wildman–Crippen LogP) is 1.34. The first-order chi connectivity index (χ1) is 7.68. The highest BCUT2D eigenvalue weighted by Crippen LogP contribution is 2.17. The smallest absolute Gasteiger partial charge is 0.226 e. The van der Waals surface area contributed by atoms with Gasteiger partial charge in [-0.15, -0.1) is 0 Å². The molecule has 2 rings (SSSR count). The molecule has 88 valence electrons. The summed E-state index contributed by atoms with van der Waals surface area (Å²) in [4.78, 5) is 10.00. The fraction of sp³-hybridized carbons (Fsp3) is 0.600. The van der Waals surface area contributed by atoms with Crippen molar-refractivity contribution < 1.29 is 8.60 Å². The van der Waals surface area contributed by atoms with Gasteiger partial charge < -0.3 is 4.90 Å². The van der Waals surface area contributed by atoms with Crippen molar-refractivity contribution in [1.82, 2.24) is 9.97 Å². The molecule has 1 unspecified atom stereocenters. The molecule has 2 heterocycles. The van der Waals surface area contributed by atoms with E-state index in [0.29, 0.717) is 5.95 Å². The zero-order valence-corrected chi connectivity index (χ0v) is 9.97. The number of nitrogens with zero attached hydrogens (tertiary/aromatic N) is 3. The first kappa shape index (κ1) is 11.4. The molecule has 1 fully saturated rings. The van der Waals surface area contributed by atoms with Gasteiger partial charge in [-0.05, 0) is 19.3 Å². The molecule has 1 aromatic rings. The highest BCUT2D eigenvalue weighted by molar-refractivity contribution is 7.84. The molecule has 0 bridgehead atoms. The van der Waals surface area contributed by atoms with E-state index in [4.69, 9.17) is 0 Å². The Kier molecular flexibility index (Phi) is 3.48. The minimum Gasteiger partial charge on any atom is -0.341 e. The fourth-order valence-corrected chi connectivity index (χ4v) is 2.33. The molecule has 1 saturated heterocycles. The molecule has 6 heteroatoms. The summed E-state index contributed by atoms with van der Waals surface area (Å²) < 4.78 is 24.5. The molecule has 4 nitrogen and oxygen atoms in total. The number of rotatable bonds is 2. The molecule has 0 saturated carbocycles. The normalized spacial score (nSPS) is 18.5. The van der Waals surface area contributed by atoms with Gasteiger partial charge in [-0.25, -0.2) is 14.4 Å². The van der Waals surface area contributed by atoms with Gasteiger partial charge in [-0.1, -0.05) is 0 Å². The van der Waals surface area contributed by atoms with E-state index in [-0.39, 0.29) is 5.03 Å². The Balaban J connectivity index is 2.27. The van der Waals surface area contributed by atoms with Gasteiger partial charge in [0.2, 0.25) is 5.95 Å². The van der Waals surface area contributed by atoms with Crippen LogP contribution in [0.3, 0.4) is 0 Å². The van der Waals surface area contributed by atoms with Crippen molar-refractivity contribution in [3.8, 4) is 0 Å². The lowest BCUT2D eigenvalue weighted by Gasteiger charge is -2.26. The minimum atomic E-state index is -1.41. The Hall–Kier alpha value is -1.04. The molecule has 1 atom stereocenters. The Morgan fingerprint density at radius 2 is 2.06 bits per heavy atom. The van der Waals surface area contributed by atoms with Crippen LogP contribution in [0.4, 0.5) is 10.3 Å². The summed E-state index contributed by atoms with van der Waals surface area (Å²) in [6.45, 7) is 1.78. The van der Waals surface area contributed by atoms with Gasteiger partial charge in [0.25, 0.3) is 0 Å². The second-order valence-corrected chi connectivity index (χ2v) is 5.12. The Morgan fingerprint density at radius 3 is 2.69 bits per heavy atom. The summed E-state index contributed by atoms with van der Waals surface area (Å²) in [5.41, 5.74) is 0. The molecule has 0 spiro atoms. The molecule has 0 aliphatic carbocycles. The molecule has 1 aromatic heterocycles. The molecule has 0 aromatic carbocycles. The van der Waals surface area contributed by atoms with Crippen molar-refractivity contribution in [2.45, 2.75) is 24.3 Å². The number of piperidine rings is 1. The molecule has 0 amide bonds. The molecular formula is C10H14FN3OS. The van der Waals surface area contributed by atoms with E-state index in [1.165, 1.54) is 12.7 Å². The lowest BCUT2D eigenvalue weighted by molar-refractivity contribution is 0.546. The quantitative estimate of drug-likeness (QED) is 0.735. The van der Waals surface area contributed by atoms with Crippen LogP contribution in [0.1, 0.15) is 19.3 Å². The number of halogens is 1. The van der Waals surface area contributed by atoms with Crippen LogP contribution in [0.5, 0.6) is 0 Å². The van der Waals surface area contributed by atoms with E-state index in [1.807, 2.05) is 4.90 Å². The van der Waals surface area contributed by atoms with E-state index < -0.39 is 16.6 Å². The lowest BCUT2D eigenvalue weighted by Crippen LogP contribution is -2.31. The van der Waals surface area contributed by atoms with E-state index in [0.717, 1.165) is 32.1 Å². The number of anilines is 1. The molecule has 1 aliphatic rings. The van der Waals surface area contributed by atoms with Crippen molar-refractivity contribution in [3.63, 3.8) is 0 Å². The molecule has 0 radical (unpaired) electrons. The third kappa shape index (κ3) is 2.37. The van der Waals surface area contributed by atoms with Gasteiger partial charge in [-0.3, -0.25) is 4.21 Å². The Bertz CT molecular complexity index is 407. The maximum atomic E-state index is 13.3. The number of hydrogen-bond donors (Lipinski definition) is 0. The average molecular weight is 243 g/mol. The zero-order valence-electron chi connectivity index (χ0n) is 9.15. The van der Waals surface area contributed by atoms with Crippen LogP contribution in [0.25, 0.3) is 0 Å². The third-order valence-corrected chi connectivity index (χ3v) is 3.44. The van der Waals surface area contributed by atoms with Crippen molar-refractivity contribution in [2.75, 3.05) is 24.2 Å². The first-order valence-electron chi connectivity index (χ1n) is 5.29. The van der Waals surface area contributed by atoms with Crippen LogP contribution >= 0.6 is 0 Å². The standard InChI is InChI=1S/C10H14FN3OS/c1-16(15)9-8(11)7-12-10(13-9)14-5-3-2-4-6-14/h7H,2-6H2,1H3. The van der Waals surface area contributed by atoms with Crippen LogP contribution in [0.2, 0.25) is 0 Å². The van der Waals surface area contributed by atoms with Crippen LogP contribution in [-0.2, 0) is 10.8 Å². The van der Waals surface area contributed by atoms with Crippen LogP contribution in [-0.4, -0.2) is 33.5 Å². The topological polar surface area (TPSA) is 46.1 Å². The Labute approximate surface area is 96.4 Å². The fourth-order valence-electron chi connectivity index (χ4n) is 1.79. The summed E-state index contributed by atoms with van der Waals surface area (Å²) in [5.74, 6) is -0.104. The first-order valence-corrected chi connectivity index (χ1v) is 6.85. The highest BCUT2D eigenvalue weighted by Gasteiger charge is 2.16. The van der Waals surface area contributed by atoms with Crippen LogP contribution in [0.15, 0.2) is 11.2 Å². The second kappa shape index (κ2) is 4.86. The van der Waals surface area contributed by atoms with Gasteiger partial charge in [0.1, 0.15) is 0 Å². The third-order valence-electron chi connectivity index (χ3n) is 2.61. The largest absolute Gasteiger partial charge is 0.341 e. The van der Waals surface area contributed by atoms with E-state index in [9.17, 15) is 8.60 Å². The highest BCUT2D eigenvalue weighted by atomic mass is 32.2. The summed E-state index contributed by atoms with van der Waals surface area (Å²) in [6, 6.07) is 0. The molecule has 1 aliphatic heterocycles. The van der Waals surface area contributed by atoms with Crippen LogP contribution in [0, 0.1) is 5.82 Å². The maximum Gasteiger partial charge on any atom is 0.226 e. The summed E-state index contributed by atoms with van der Waals surface area (Å²) >= 11 is 0. The molecule has 0 N–H and O–H groups in total. The van der Waals surface area contributed by atoms with Gasteiger partial charge >= 0.3 is 0 Å². The van der Waals surface area contributed by atoms with Crippen molar-refractivity contribution in [2.24, 2.45) is 0 Å². The van der Waals surface area contributed by atoms with Gasteiger partial charge in [0.05, 0.1) is 17.0 Å². The molecule has 16 heavy (non-hydrogen) atoms. The summed E-state index contributed by atoms with van der Waals surface area (Å²) in [6.07, 6.45) is 5.94. The summed E-state index contributed by atoms with van der Waals surface area (Å²) in [7, 11) is -1.41. The monoisotopic (exact) mass is 243 g/mol. The SMILES string of the molecule is CS(=O)c1nc(N2CCCCC2)ncc1F. The van der Waals surface area contributed by atoms with Crippen molar-refractivity contribution >= 4 is 16.7 Å². The zero-order chi connectivity index (χ0) is 11.5. The van der Waals surface area contributed by atoms with Gasteiger partial charge in [-0.2, -0.15) is 0 Å². The average Bonchev–Trinajstić information content (AvgIpc) is 2.30. The van der Waals surface area contributed by atoms with Crippen LogP contribution < -0.4 is 4.90 Å². The molecular weight excluding hydrogens is 229 g/mol. The van der Waals surface area contributed by atoms with Crippen molar-refractivity contribution in [1.29, 1.82) is 0 Å². The predicted molar refractivity (Wildman–Crippen MR) is 60.4 cm³/mol. The van der Waals surface area contributed by atoms with Crippen molar-refractivity contribution in [3.05, 3.63) is 12.0 Å². The van der Waals surface area contributed by atoms with Gasteiger partial charge in [0.15, 0.2) is 10.8 Å². The van der Waals surface area contributed by atoms with E-state index in [1.54, 1.807) is 0 Å². The van der Waals surface area contributed by atoms with E-state index >= 15 is 0 Å². The second-order valence-electron chi connectivity index (χ2n) is 3.82.